The molecule has 1 aliphatic rings. The monoisotopic (exact) mass is 274 g/mol. The van der Waals surface area contributed by atoms with Crippen LogP contribution in [0.2, 0.25) is 0 Å². The summed E-state index contributed by atoms with van der Waals surface area (Å²) in [5.41, 5.74) is 1.08. The highest BCUT2D eigenvalue weighted by Crippen LogP contribution is 2.26. The third-order valence-electron chi connectivity index (χ3n) is 3.96. The molecule has 1 saturated heterocycles. The first kappa shape index (κ1) is 15.0. The summed E-state index contributed by atoms with van der Waals surface area (Å²) in [4.78, 5) is 14.7. The average Bonchev–Trinajstić information content (AvgIpc) is 2.78. The minimum Gasteiger partial charge on any atom is -0.325 e. The van der Waals surface area contributed by atoms with Gasteiger partial charge in [0.05, 0.1) is 6.17 Å². The molecule has 2 unspecified atom stereocenters. The summed E-state index contributed by atoms with van der Waals surface area (Å²) in [6, 6.07) is 9.90. The van der Waals surface area contributed by atoms with Gasteiger partial charge in [-0.25, -0.2) is 0 Å². The van der Waals surface area contributed by atoms with Gasteiger partial charge < -0.3 is 4.90 Å². The first-order valence-corrected chi connectivity index (χ1v) is 7.89. The maximum absolute atomic E-state index is 12.6. The van der Waals surface area contributed by atoms with Crippen LogP contribution in [-0.2, 0) is 4.79 Å². The quantitative estimate of drug-likeness (QED) is 0.772. The molecule has 1 aliphatic heterocycles. The molecule has 0 spiro atoms. The standard InChI is InChI=1S/C17H26N2O/c1-3-5-9-13-19-15(10-4-2)18-16(17(19)20)14-11-7-6-8-12-14/h6-8,11-12,15-16,18H,3-5,9-10,13H2,1-2H3. The SMILES string of the molecule is CCCCCN1C(=O)C(c2ccccc2)NC1CCC. The van der Waals surface area contributed by atoms with E-state index in [0.29, 0.717) is 0 Å². The zero-order valence-corrected chi connectivity index (χ0v) is 12.6. The van der Waals surface area contributed by atoms with Crippen molar-refractivity contribution in [1.82, 2.24) is 10.2 Å². The van der Waals surface area contributed by atoms with E-state index in [1.807, 2.05) is 30.3 Å². The van der Waals surface area contributed by atoms with Gasteiger partial charge in [0.25, 0.3) is 0 Å². The summed E-state index contributed by atoms with van der Waals surface area (Å²) in [5, 5.41) is 3.51. The predicted octanol–water partition coefficient (Wildman–Crippen LogP) is 3.48. The first-order chi connectivity index (χ1) is 9.77. The predicted molar refractivity (Wildman–Crippen MR) is 82.3 cm³/mol. The number of nitrogens with one attached hydrogen (secondary N) is 1. The van der Waals surface area contributed by atoms with Crippen LogP contribution in [0.3, 0.4) is 0 Å². The molecule has 1 aromatic carbocycles. The first-order valence-electron chi connectivity index (χ1n) is 7.89. The minimum absolute atomic E-state index is 0.158. The van der Waals surface area contributed by atoms with Crippen molar-refractivity contribution >= 4 is 5.91 Å². The Hall–Kier alpha value is -1.35. The lowest BCUT2D eigenvalue weighted by Crippen LogP contribution is -2.37. The van der Waals surface area contributed by atoms with E-state index in [4.69, 9.17) is 0 Å². The van der Waals surface area contributed by atoms with Gasteiger partial charge in [-0.15, -0.1) is 0 Å². The molecule has 1 amide bonds. The van der Waals surface area contributed by atoms with Crippen molar-refractivity contribution < 1.29 is 4.79 Å². The highest BCUT2D eigenvalue weighted by molar-refractivity contribution is 5.85. The van der Waals surface area contributed by atoms with Crippen LogP contribution in [0.4, 0.5) is 0 Å². The molecule has 0 aromatic heterocycles. The van der Waals surface area contributed by atoms with E-state index in [0.717, 1.165) is 31.4 Å². The lowest BCUT2D eigenvalue weighted by Gasteiger charge is -2.23. The van der Waals surface area contributed by atoms with Gasteiger partial charge in [-0.05, 0) is 18.4 Å². The second kappa shape index (κ2) is 7.44. The average molecular weight is 274 g/mol. The van der Waals surface area contributed by atoms with Crippen molar-refractivity contribution in [2.24, 2.45) is 0 Å². The fourth-order valence-corrected chi connectivity index (χ4v) is 2.87. The van der Waals surface area contributed by atoms with Crippen molar-refractivity contribution in [3.63, 3.8) is 0 Å². The summed E-state index contributed by atoms with van der Waals surface area (Å²) in [5.74, 6) is 0.241. The Morgan fingerprint density at radius 3 is 2.50 bits per heavy atom. The van der Waals surface area contributed by atoms with Gasteiger partial charge in [-0.2, -0.15) is 0 Å². The van der Waals surface area contributed by atoms with Gasteiger partial charge in [0.15, 0.2) is 0 Å². The van der Waals surface area contributed by atoms with Crippen molar-refractivity contribution in [1.29, 1.82) is 0 Å². The van der Waals surface area contributed by atoms with Gasteiger partial charge in [0, 0.05) is 6.54 Å². The lowest BCUT2D eigenvalue weighted by atomic mass is 10.1. The summed E-state index contributed by atoms with van der Waals surface area (Å²) in [6.45, 7) is 5.25. The number of unbranched alkanes of at least 4 members (excludes halogenated alkanes) is 2. The number of nitrogens with zero attached hydrogens (tertiary/aromatic N) is 1. The molecule has 2 atom stereocenters. The van der Waals surface area contributed by atoms with E-state index >= 15 is 0 Å². The van der Waals surface area contributed by atoms with Crippen LogP contribution in [-0.4, -0.2) is 23.5 Å². The Morgan fingerprint density at radius 2 is 1.85 bits per heavy atom. The van der Waals surface area contributed by atoms with Gasteiger partial charge >= 0.3 is 0 Å². The van der Waals surface area contributed by atoms with Crippen molar-refractivity contribution in [2.45, 2.75) is 58.2 Å². The van der Waals surface area contributed by atoms with E-state index in [9.17, 15) is 4.79 Å². The fraction of sp³-hybridized carbons (Fsp3) is 0.588. The molecule has 0 saturated carbocycles. The highest BCUT2D eigenvalue weighted by atomic mass is 16.2. The van der Waals surface area contributed by atoms with Crippen LogP contribution in [0.5, 0.6) is 0 Å². The van der Waals surface area contributed by atoms with Crippen LogP contribution in [0.1, 0.15) is 57.6 Å². The molecule has 3 nitrogen and oxygen atoms in total. The molecule has 1 N–H and O–H groups in total. The lowest BCUT2D eigenvalue weighted by molar-refractivity contribution is -0.130. The molecular formula is C17H26N2O. The summed E-state index contributed by atoms with van der Waals surface area (Å²) in [7, 11) is 0. The Morgan fingerprint density at radius 1 is 1.10 bits per heavy atom. The van der Waals surface area contributed by atoms with Crippen molar-refractivity contribution in [3.05, 3.63) is 35.9 Å². The van der Waals surface area contributed by atoms with Gasteiger partial charge in [0.1, 0.15) is 6.04 Å². The topological polar surface area (TPSA) is 32.3 Å². The third-order valence-corrected chi connectivity index (χ3v) is 3.96. The van der Waals surface area contributed by atoms with E-state index in [1.165, 1.54) is 12.8 Å². The molecule has 0 aliphatic carbocycles. The molecule has 0 radical (unpaired) electrons. The number of carbonyl (C=O) groups excluding carboxylic acids is 1. The number of amides is 1. The number of hydrogen-bond acceptors (Lipinski definition) is 2. The number of carbonyl (C=O) groups is 1. The molecule has 20 heavy (non-hydrogen) atoms. The minimum atomic E-state index is -0.158. The molecule has 1 fully saturated rings. The second-order valence-electron chi connectivity index (χ2n) is 5.55. The number of hydrogen-bond donors (Lipinski definition) is 1. The van der Waals surface area contributed by atoms with E-state index in [2.05, 4.69) is 24.1 Å². The van der Waals surface area contributed by atoms with E-state index in [-0.39, 0.29) is 18.1 Å². The highest BCUT2D eigenvalue weighted by Gasteiger charge is 2.38. The largest absolute Gasteiger partial charge is 0.325 e. The van der Waals surface area contributed by atoms with Crippen LogP contribution in [0.15, 0.2) is 30.3 Å². The van der Waals surface area contributed by atoms with Crippen LogP contribution >= 0.6 is 0 Å². The fourth-order valence-electron chi connectivity index (χ4n) is 2.87. The second-order valence-corrected chi connectivity index (χ2v) is 5.55. The Kier molecular flexibility index (Phi) is 5.60. The maximum atomic E-state index is 12.6. The molecular weight excluding hydrogens is 248 g/mol. The van der Waals surface area contributed by atoms with Gasteiger partial charge in [-0.3, -0.25) is 10.1 Å². The zero-order valence-electron chi connectivity index (χ0n) is 12.6. The van der Waals surface area contributed by atoms with E-state index < -0.39 is 0 Å². The van der Waals surface area contributed by atoms with Gasteiger partial charge in [-0.1, -0.05) is 63.4 Å². The van der Waals surface area contributed by atoms with Crippen molar-refractivity contribution in [2.75, 3.05) is 6.54 Å². The van der Waals surface area contributed by atoms with Crippen LogP contribution in [0, 0.1) is 0 Å². The van der Waals surface area contributed by atoms with Gasteiger partial charge in [0.2, 0.25) is 5.91 Å². The number of rotatable bonds is 7. The Labute approximate surface area is 122 Å². The summed E-state index contributed by atoms with van der Waals surface area (Å²) in [6.07, 6.45) is 5.81. The normalized spacial score (nSPS) is 22.5. The molecule has 110 valence electrons. The Balaban J connectivity index is 2.08. The molecule has 1 heterocycles. The molecule has 3 heteroatoms. The molecule has 0 bridgehead atoms. The van der Waals surface area contributed by atoms with Crippen molar-refractivity contribution in [3.8, 4) is 0 Å². The van der Waals surface area contributed by atoms with E-state index in [1.54, 1.807) is 0 Å². The Bertz CT molecular complexity index is 418. The zero-order chi connectivity index (χ0) is 14.4. The van der Waals surface area contributed by atoms with Crippen LogP contribution in [0.25, 0.3) is 0 Å². The smallest absolute Gasteiger partial charge is 0.245 e. The summed E-state index contributed by atoms with van der Waals surface area (Å²) < 4.78 is 0. The number of benzene rings is 1. The summed E-state index contributed by atoms with van der Waals surface area (Å²) >= 11 is 0. The molecule has 1 aromatic rings. The third kappa shape index (κ3) is 3.40. The van der Waals surface area contributed by atoms with Crippen LogP contribution < -0.4 is 5.32 Å². The molecule has 2 rings (SSSR count). The maximum Gasteiger partial charge on any atom is 0.245 e.